The summed E-state index contributed by atoms with van der Waals surface area (Å²) in [6.45, 7) is 1.85. The molecule has 0 aliphatic heterocycles. The van der Waals surface area contributed by atoms with Gasteiger partial charge in [-0.2, -0.15) is 4.98 Å². The molecular formula is C16H15FN4. The zero-order valence-electron chi connectivity index (χ0n) is 11.8. The van der Waals surface area contributed by atoms with E-state index in [4.69, 9.17) is 0 Å². The fourth-order valence-electron chi connectivity index (χ4n) is 2.13. The SMILES string of the molecule is CNc1nc(Nc2ccc(C)cc2F)c2ccccc2n1. The molecule has 0 bridgehead atoms. The summed E-state index contributed by atoms with van der Waals surface area (Å²) in [5.74, 6) is 0.764. The Kier molecular flexibility index (Phi) is 3.39. The van der Waals surface area contributed by atoms with Crippen LogP contribution in [0.4, 0.5) is 21.8 Å². The fourth-order valence-corrected chi connectivity index (χ4v) is 2.13. The Balaban J connectivity index is 2.10. The lowest BCUT2D eigenvalue weighted by atomic mass is 10.2. The first-order valence-corrected chi connectivity index (χ1v) is 6.65. The third-order valence-corrected chi connectivity index (χ3v) is 3.20. The van der Waals surface area contributed by atoms with Crippen molar-refractivity contribution in [3.63, 3.8) is 0 Å². The number of hydrogen-bond acceptors (Lipinski definition) is 4. The molecule has 0 saturated carbocycles. The summed E-state index contributed by atoms with van der Waals surface area (Å²) in [7, 11) is 1.75. The summed E-state index contributed by atoms with van der Waals surface area (Å²) < 4.78 is 14.0. The molecule has 0 aliphatic rings. The van der Waals surface area contributed by atoms with Gasteiger partial charge in [0.1, 0.15) is 11.6 Å². The van der Waals surface area contributed by atoms with Crippen molar-refractivity contribution in [1.82, 2.24) is 9.97 Å². The molecule has 21 heavy (non-hydrogen) atoms. The van der Waals surface area contributed by atoms with Crippen LogP contribution >= 0.6 is 0 Å². The second kappa shape index (κ2) is 5.36. The highest BCUT2D eigenvalue weighted by Gasteiger charge is 2.09. The molecule has 0 unspecified atom stereocenters. The Morgan fingerprint density at radius 2 is 1.86 bits per heavy atom. The number of para-hydroxylation sites is 1. The molecule has 0 aliphatic carbocycles. The highest BCUT2D eigenvalue weighted by atomic mass is 19.1. The van der Waals surface area contributed by atoms with Crippen LogP contribution in [0.15, 0.2) is 42.5 Å². The number of aryl methyl sites for hydroxylation is 1. The third kappa shape index (κ3) is 2.63. The number of benzene rings is 2. The average Bonchev–Trinajstić information content (AvgIpc) is 2.49. The maximum absolute atomic E-state index is 14.0. The number of nitrogens with zero attached hydrogens (tertiary/aromatic N) is 2. The van der Waals surface area contributed by atoms with E-state index in [1.165, 1.54) is 6.07 Å². The molecule has 0 fully saturated rings. The van der Waals surface area contributed by atoms with Crippen LogP contribution in [-0.2, 0) is 0 Å². The normalized spacial score (nSPS) is 10.6. The maximum Gasteiger partial charge on any atom is 0.224 e. The van der Waals surface area contributed by atoms with Gasteiger partial charge in [-0.3, -0.25) is 0 Å². The molecule has 106 valence electrons. The first-order valence-electron chi connectivity index (χ1n) is 6.65. The molecule has 0 radical (unpaired) electrons. The van der Waals surface area contributed by atoms with Crippen molar-refractivity contribution in [2.45, 2.75) is 6.92 Å². The van der Waals surface area contributed by atoms with Crippen molar-refractivity contribution in [1.29, 1.82) is 0 Å². The highest BCUT2D eigenvalue weighted by Crippen LogP contribution is 2.26. The van der Waals surface area contributed by atoms with Crippen LogP contribution in [0.1, 0.15) is 5.56 Å². The number of halogens is 1. The Morgan fingerprint density at radius 3 is 2.62 bits per heavy atom. The van der Waals surface area contributed by atoms with Crippen LogP contribution in [0.3, 0.4) is 0 Å². The summed E-state index contributed by atoms with van der Waals surface area (Å²) >= 11 is 0. The van der Waals surface area contributed by atoms with Crippen LogP contribution in [0.2, 0.25) is 0 Å². The minimum atomic E-state index is -0.302. The Labute approximate surface area is 122 Å². The summed E-state index contributed by atoms with van der Waals surface area (Å²) in [6, 6.07) is 12.7. The van der Waals surface area contributed by atoms with Gasteiger partial charge in [-0.15, -0.1) is 0 Å². The lowest BCUT2D eigenvalue weighted by molar-refractivity contribution is 0.630. The van der Waals surface area contributed by atoms with E-state index in [0.717, 1.165) is 16.5 Å². The molecule has 1 aromatic heterocycles. The highest BCUT2D eigenvalue weighted by molar-refractivity contribution is 5.91. The van der Waals surface area contributed by atoms with Crippen molar-refractivity contribution >= 4 is 28.4 Å². The van der Waals surface area contributed by atoms with Gasteiger partial charge in [-0.25, -0.2) is 9.37 Å². The number of hydrogen-bond donors (Lipinski definition) is 2. The van der Waals surface area contributed by atoms with Gasteiger partial charge in [0.25, 0.3) is 0 Å². The summed E-state index contributed by atoms with van der Waals surface area (Å²) in [5.41, 5.74) is 2.07. The lowest BCUT2D eigenvalue weighted by Crippen LogP contribution is -2.03. The summed E-state index contributed by atoms with van der Waals surface area (Å²) in [6.07, 6.45) is 0. The van der Waals surface area contributed by atoms with Gasteiger partial charge < -0.3 is 10.6 Å². The van der Waals surface area contributed by atoms with E-state index in [1.807, 2.05) is 37.3 Å². The molecule has 1 heterocycles. The minimum Gasteiger partial charge on any atom is -0.357 e. The summed E-state index contributed by atoms with van der Waals surface area (Å²) in [5, 5.41) is 6.81. The molecule has 3 aromatic rings. The molecule has 2 aromatic carbocycles. The first-order chi connectivity index (χ1) is 10.2. The van der Waals surface area contributed by atoms with Gasteiger partial charge >= 0.3 is 0 Å². The van der Waals surface area contributed by atoms with Crippen molar-refractivity contribution in [2.75, 3.05) is 17.7 Å². The molecule has 5 heteroatoms. The smallest absolute Gasteiger partial charge is 0.224 e. The van der Waals surface area contributed by atoms with E-state index in [-0.39, 0.29) is 5.82 Å². The van der Waals surface area contributed by atoms with Crippen LogP contribution < -0.4 is 10.6 Å². The molecule has 4 nitrogen and oxygen atoms in total. The number of rotatable bonds is 3. The molecule has 3 rings (SSSR count). The van der Waals surface area contributed by atoms with Gasteiger partial charge in [0.2, 0.25) is 5.95 Å². The average molecular weight is 282 g/mol. The molecular weight excluding hydrogens is 267 g/mol. The van der Waals surface area contributed by atoms with E-state index in [9.17, 15) is 4.39 Å². The predicted molar refractivity (Wildman–Crippen MR) is 83.5 cm³/mol. The molecule has 0 atom stereocenters. The zero-order chi connectivity index (χ0) is 14.8. The van der Waals surface area contributed by atoms with E-state index >= 15 is 0 Å². The van der Waals surface area contributed by atoms with Gasteiger partial charge in [0.15, 0.2) is 0 Å². The van der Waals surface area contributed by atoms with Gasteiger partial charge in [0, 0.05) is 12.4 Å². The van der Waals surface area contributed by atoms with E-state index in [2.05, 4.69) is 20.6 Å². The quantitative estimate of drug-likeness (QED) is 0.766. The Morgan fingerprint density at radius 1 is 1.05 bits per heavy atom. The molecule has 0 saturated heterocycles. The third-order valence-electron chi connectivity index (χ3n) is 3.20. The molecule has 0 amide bonds. The van der Waals surface area contributed by atoms with Gasteiger partial charge in [-0.1, -0.05) is 18.2 Å². The standard InChI is InChI=1S/C16H15FN4/c1-10-7-8-14(12(17)9-10)19-15-11-5-3-4-6-13(11)20-16(18-2)21-15/h3-9H,1-2H3,(H2,18,19,20,21). The van der Waals surface area contributed by atoms with E-state index in [1.54, 1.807) is 13.1 Å². The van der Waals surface area contributed by atoms with Crippen LogP contribution in [0, 0.1) is 12.7 Å². The van der Waals surface area contributed by atoms with E-state index in [0.29, 0.717) is 17.5 Å². The minimum absolute atomic E-state index is 0.302. The maximum atomic E-state index is 14.0. The van der Waals surface area contributed by atoms with Crippen molar-refractivity contribution < 1.29 is 4.39 Å². The molecule has 0 spiro atoms. The van der Waals surface area contributed by atoms with Crippen molar-refractivity contribution in [2.24, 2.45) is 0 Å². The largest absolute Gasteiger partial charge is 0.357 e. The Hall–Kier alpha value is -2.69. The van der Waals surface area contributed by atoms with Crippen molar-refractivity contribution in [3.8, 4) is 0 Å². The zero-order valence-corrected chi connectivity index (χ0v) is 11.8. The number of nitrogens with one attached hydrogen (secondary N) is 2. The number of fused-ring (bicyclic) bond motifs is 1. The Bertz CT molecular complexity index is 801. The van der Waals surface area contributed by atoms with Crippen LogP contribution in [0.25, 0.3) is 10.9 Å². The number of aromatic nitrogens is 2. The monoisotopic (exact) mass is 282 g/mol. The second-order valence-electron chi connectivity index (χ2n) is 4.77. The second-order valence-corrected chi connectivity index (χ2v) is 4.77. The van der Waals surface area contributed by atoms with Crippen molar-refractivity contribution in [3.05, 3.63) is 53.8 Å². The fraction of sp³-hybridized carbons (Fsp3) is 0.125. The topological polar surface area (TPSA) is 49.8 Å². The predicted octanol–water partition coefficient (Wildman–Crippen LogP) is 3.86. The number of anilines is 3. The summed E-state index contributed by atoms with van der Waals surface area (Å²) in [4.78, 5) is 8.75. The van der Waals surface area contributed by atoms with Crippen LogP contribution in [0.5, 0.6) is 0 Å². The van der Waals surface area contributed by atoms with E-state index < -0.39 is 0 Å². The first kappa shape index (κ1) is 13.3. The molecule has 2 N–H and O–H groups in total. The lowest BCUT2D eigenvalue weighted by Gasteiger charge is -2.11. The van der Waals surface area contributed by atoms with Gasteiger partial charge in [0.05, 0.1) is 11.2 Å². The van der Waals surface area contributed by atoms with Crippen LogP contribution in [-0.4, -0.2) is 17.0 Å². The van der Waals surface area contributed by atoms with Gasteiger partial charge in [-0.05, 0) is 36.8 Å².